The number of hydrogen-bond donors (Lipinski definition) is 4. The first-order valence-electron chi connectivity index (χ1n) is 11.6. The highest BCUT2D eigenvalue weighted by molar-refractivity contribution is 14.1. The number of carbonyl (C=O) groups excluding carboxylic acids is 2. The lowest BCUT2D eigenvalue weighted by Crippen LogP contribution is -2.57. The van der Waals surface area contributed by atoms with Crippen LogP contribution in [-0.2, 0) is 9.59 Å². The van der Waals surface area contributed by atoms with Crippen molar-refractivity contribution in [2.45, 2.75) is 69.4 Å². The first-order chi connectivity index (χ1) is 15.0. The molecule has 5 aliphatic rings. The predicted molar refractivity (Wildman–Crippen MR) is 125 cm³/mol. The van der Waals surface area contributed by atoms with Crippen LogP contribution in [0.3, 0.4) is 0 Å². The minimum atomic E-state index is -1.31. The van der Waals surface area contributed by atoms with E-state index >= 15 is 0 Å². The molecule has 1 spiro atoms. The zero-order valence-electron chi connectivity index (χ0n) is 18.3. The summed E-state index contributed by atoms with van der Waals surface area (Å²) in [6.07, 6.45) is 1.96. The van der Waals surface area contributed by atoms with Crippen molar-refractivity contribution in [1.29, 1.82) is 0 Å². The molecule has 8 heteroatoms. The Hall–Kier alpha value is -0.810. The first kappa shape index (κ1) is 23.0. The van der Waals surface area contributed by atoms with Gasteiger partial charge < -0.3 is 25.3 Å². The van der Waals surface area contributed by atoms with Gasteiger partial charge in [-0.05, 0) is 62.4 Å². The number of piperidine rings is 1. The fourth-order valence-electron chi connectivity index (χ4n) is 7.80. The molecular formula is C24H32INO6. The van der Waals surface area contributed by atoms with Crippen molar-refractivity contribution in [2.24, 2.45) is 28.6 Å². The smallest absolute Gasteiger partial charge is 0.226 e. The highest BCUT2D eigenvalue weighted by Crippen LogP contribution is 2.73. The molecule has 0 unspecified atom stereocenters. The van der Waals surface area contributed by atoms with E-state index < -0.39 is 46.6 Å². The summed E-state index contributed by atoms with van der Waals surface area (Å²) in [7, 11) is 0. The minimum Gasteiger partial charge on any atom is -0.393 e. The van der Waals surface area contributed by atoms with E-state index in [9.17, 15) is 30.0 Å². The van der Waals surface area contributed by atoms with Gasteiger partial charge in [-0.1, -0.05) is 18.2 Å². The first-order valence-corrected chi connectivity index (χ1v) is 12.7. The monoisotopic (exact) mass is 557 g/mol. The number of fused-ring (bicyclic) bond motifs is 3. The molecule has 4 fully saturated rings. The van der Waals surface area contributed by atoms with Crippen molar-refractivity contribution < 1.29 is 30.0 Å². The van der Waals surface area contributed by atoms with Gasteiger partial charge in [0.05, 0.1) is 35.2 Å². The third kappa shape index (κ3) is 2.85. The fourth-order valence-corrected chi connectivity index (χ4v) is 8.46. The van der Waals surface area contributed by atoms with Crippen LogP contribution >= 0.6 is 22.6 Å². The summed E-state index contributed by atoms with van der Waals surface area (Å²) in [5, 5.41) is 43.0. The number of rotatable bonds is 2. The quantitative estimate of drug-likeness (QED) is 0.231. The molecule has 5 rings (SSSR count). The van der Waals surface area contributed by atoms with Gasteiger partial charge in [0.1, 0.15) is 0 Å². The third-order valence-electron chi connectivity index (χ3n) is 9.49. The van der Waals surface area contributed by atoms with E-state index in [1.165, 1.54) is 0 Å². The Morgan fingerprint density at radius 3 is 2.47 bits per heavy atom. The van der Waals surface area contributed by atoms with E-state index in [0.29, 0.717) is 51.6 Å². The van der Waals surface area contributed by atoms with E-state index in [1.54, 1.807) is 40.5 Å². The van der Waals surface area contributed by atoms with Crippen LogP contribution < -0.4 is 0 Å². The van der Waals surface area contributed by atoms with Crippen LogP contribution in [0.15, 0.2) is 23.8 Å². The highest BCUT2D eigenvalue weighted by Gasteiger charge is 2.73. The van der Waals surface area contributed by atoms with Crippen LogP contribution in [0.1, 0.15) is 45.4 Å². The molecule has 0 aromatic rings. The molecule has 4 N–H and O–H groups in total. The molecule has 3 saturated carbocycles. The van der Waals surface area contributed by atoms with Gasteiger partial charge in [0.2, 0.25) is 9.70 Å². The minimum absolute atomic E-state index is 0.0476. The number of carbonyl (C=O) groups is 2. The molecule has 0 aromatic carbocycles. The van der Waals surface area contributed by atoms with Gasteiger partial charge in [-0.2, -0.15) is 0 Å². The Balaban J connectivity index is 1.67. The summed E-state index contributed by atoms with van der Waals surface area (Å²) in [6, 6.07) is 0. The van der Waals surface area contributed by atoms with Crippen molar-refractivity contribution in [2.75, 3.05) is 13.1 Å². The summed E-state index contributed by atoms with van der Waals surface area (Å²) in [5.74, 6) is -1.25. The second kappa shape index (κ2) is 7.34. The van der Waals surface area contributed by atoms with Crippen LogP contribution in [-0.4, -0.2) is 72.0 Å². The maximum atomic E-state index is 14.2. The lowest BCUT2D eigenvalue weighted by Gasteiger charge is -2.47. The fraction of sp³-hybridized carbons (Fsp3) is 0.750. The van der Waals surface area contributed by atoms with Crippen LogP contribution in [0, 0.1) is 28.6 Å². The maximum absolute atomic E-state index is 14.2. The van der Waals surface area contributed by atoms with Gasteiger partial charge in [0.15, 0.2) is 0 Å². The SMILES string of the molecule is C=C1C[C@]23C[C@@]1(O)CC[C@H]2C1=C[C@@H](O)[C@H](O)[C@@](C)(C(=O)I)[C@H]1[C@@H]3C(=O)N1CCC(O)CC1. The Morgan fingerprint density at radius 2 is 1.84 bits per heavy atom. The molecule has 0 radical (unpaired) electrons. The molecule has 1 heterocycles. The number of amides is 1. The van der Waals surface area contributed by atoms with Gasteiger partial charge in [0.25, 0.3) is 0 Å². The number of likely N-dealkylation sites (tertiary alicyclic amines) is 1. The molecule has 4 aliphatic carbocycles. The number of aliphatic hydroxyl groups is 4. The summed E-state index contributed by atoms with van der Waals surface area (Å²) < 4.78 is -0.272. The molecule has 1 saturated heterocycles. The second-order valence-corrected chi connectivity index (χ2v) is 12.0. The predicted octanol–water partition coefficient (Wildman–Crippen LogP) is 1.32. The second-order valence-electron chi connectivity index (χ2n) is 11.0. The summed E-state index contributed by atoms with van der Waals surface area (Å²) in [4.78, 5) is 29.0. The molecule has 0 aromatic heterocycles. The average molecular weight is 557 g/mol. The van der Waals surface area contributed by atoms with Crippen LogP contribution in [0.5, 0.6) is 0 Å². The molecule has 176 valence electrons. The van der Waals surface area contributed by atoms with Gasteiger partial charge in [-0.25, -0.2) is 0 Å². The standard InChI is InChI=1S/C24H32INO6/c1-12-10-23-11-24(12,32)6-3-15(23)14-9-16(28)19(29)22(2,21(25)31)17(14)18(23)20(30)26-7-4-13(27)5-8-26/h9,13,15-19,27-29,32H,1,3-8,10-11H2,2H3/t15-,16+,17+,18+,19-,22-,23-,24-/m0/s1. The summed E-state index contributed by atoms with van der Waals surface area (Å²) >= 11 is 1.70. The Bertz CT molecular complexity index is 912. The molecule has 7 nitrogen and oxygen atoms in total. The molecule has 2 bridgehead atoms. The Labute approximate surface area is 201 Å². The lowest BCUT2D eigenvalue weighted by molar-refractivity contribution is -0.153. The van der Waals surface area contributed by atoms with Gasteiger partial charge in [-0.15, -0.1) is 0 Å². The zero-order valence-corrected chi connectivity index (χ0v) is 20.5. The largest absolute Gasteiger partial charge is 0.393 e. The van der Waals surface area contributed by atoms with E-state index in [-0.39, 0.29) is 15.6 Å². The van der Waals surface area contributed by atoms with Crippen LogP contribution in [0.4, 0.5) is 0 Å². The summed E-state index contributed by atoms with van der Waals surface area (Å²) in [5.41, 5.74) is -1.26. The van der Waals surface area contributed by atoms with E-state index in [1.807, 2.05) is 0 Å². The number of halogens is 1. The molecular weight excluding hydrogens is 525 g/mol. The third-order valence-corrected chi connectivity index (χ3v) is 10.7. The normalized spacial score (nSPS) is 48.3. The molecule has 8 atom stereocenters. The van der Waals surface area contributed by atoms with Crippen molar-refractivity contribution in [3.63, 3.8) is 0 Å². The van der Waals surface area contributed by atoms with Crippen LogP contribution in [0.2, 0.25) is 0 Å². The molecule has 32 heavy (non-hydrogen) atoms. The van der Waals surface area contributed by atoms with Crippen molar-refractivity contribution in [3.8, 4) is 0 Å². The van der Waals surface area contributed by atoms with Gasteiger partial charge in [-0.3, -0.25) is 9.59 Å². The topological polar surface area (TPSA) is 118 Å². The van der Waals surface area contributed by atoms with Gasteiger partial charge in [0, 0.05) is 41.6 Å². The lowest BCUT2D eigenvalue weighted by atomic mass is 9.60. The highest BCUT2D eigenvalue weighted by atomic mass is 127. The number of nitrogens with zero attached hydrogens (tertiary/aromatic N) is 1. The van der Waals surface area contributed by atoms with Gasteiger partial charge >= 0.3 is 0 Å². The van der Waals surface area contributed by atoms with E-state index in [0.717, 1.165) is 11.1 Å². The zero-order chi connectivity index (χ0) is 23.2. The Kier molecular flexibility index (Phi) is 5.27. The summed E-state index contributed by atoms with van der Waals surface area (Å²) in [6.45, 7) is 6.75. The van der Waals surface area contributed by atoms with Crippen molar-refractivity contribution in [3.05, 3.63) is 23.8 Å². The van der Waals surface area contributed by atoms with E-state index in [2.05, 4.69) is 6.58 Å². The molecule has 1 aliphatic heterocycles. The van der Waals surface area contributed by atoms with E-state index in [4.69, 9.17) is 0 Å². The number of hydrogen-bond acceptors (Lipinski definition) is 6. The maximum Gasteiger partial charge on any atom is 0.226 e. The number of aliphatic hydroxyl groups excluding tert-OH is 3. The number of allylic oxidation sites excluding steroid dienone is 1. The van der Waals surface area contributed by atoms with Crippen LogP contribution in [0.25, 0.3) is 0 Å². The molecule has 1 amide bonds. The average Bonchev–Trinajstić information content (AvgIpc) is 3.12. The van der Waals surface area contributed by atoms with Crippen molar-refractivity contribution >= 4 is 32.3 Å². The Morgan fingerprint density at radius 1 is 1.19 bits per heavy atom. The van der Waals surface area contributed by atoms with Crippen molar-refractivity contribution in [1.82, 2.24) is 4.90 Å².